The van der Waals surface area contributed by atoms with Crippen molar-refractivity contribution in [2.24, 2.45) is 0 Å². The van der Waals surface area contributed by atoms with E-state index in [2.05, 4.69) is 35.1 Å². The summed E-state index contributed by atoms with van der Waals surface area (Å²) < 4.78 is 7.39. The van der Waals surface area contributed by atoms with E-state index in [0.717, 1.165) is 34.1 Å². The Morgan fingerprint density at radius 2 is 1.73 bits per heavy atom. The van der Waals surface area contributed by atoms with Crippen molar-refractivity contribution in [3.05, 3.63) is 77.6 Å². The van der Waals surface area contributed by atoms with Crippen molar-refractivity contribution in [3.8, 4) is 11.4 Å². The highest BCUT2D eigenvalue weighted by atomic mass is 16.5. The molecule has 0 aliphatic heterocycles. The van der Waals surface area contributed by atoms with Gasteiger partial charge in [0.25, 0.3) is 0 Å². The van der Waals surface area contributed by atoms with Gasteiger partial charge in [-0.15, -0.1) is 0 Å². The summed E-state index contributed by atoms with van der Waals surface area (Å²) in [5.74, 6) is 0.829. The van der Waals surface area contributed by atoms with Crippen LogP contribution in [-0.4, -0.2) is 17.7 Å². The van der Waals surface area contributed by atoms with E-state index in [1.165, 1.54) is 0 Å². The van der Waals surface area contributed by atoms with Gasteiger partial charge in [-0.25, -0.2) is 4.79 Å². The lowest BCUT2D eigenvalue weighted by Gasteiger charge is -2.11. The number of carbonyl (C=O) groups is 1. The maximum absolute atomic E-state index is 12.1. The fraction of sp³-hybridized carbons (Fsp3) is 0.190. The first-order chi connectivity index (χ1) is 12.6. The zero-order valence-corrected chi connectivity index (χ0v) is 15.2. The molecular formula is C21H23N3O2. The number of anilines is 1. The Kier molecular flexibility index (Phi) is 5.27. The van der Waals surface area contributed by atoms with Crippen molar-refractivity contribution in [1.29, 1.82) is 0 Å². The third kappa shape index (κ3) is 3.88. The average Bonchev–Trinajstić information content (AvgIpc) is 2.94. The average molecular weight is 349 g/mol. The van der Waals surface area contributed by atoms with E-state index < -0.39 is 0 Å². The second-order valence-corrected chi connectivity index (χ2v) is 6.10. The Morgan fingerprint density at radius 3 is 2.38 bits per heavy atom. The fourth-order valence-corrected chi connectivity index (χ4v) is 3.01. The van der Waals surface area contributed by atoms with Gasteiger partial charge in [0.2, 0.25) is 0 Å². The van der Waals surface area contributed by atoms with Crippen molar-refractivity contribution in [2.45, 2.75) is 20.4 Å². The number of rotatable bonds is 5. The van der Waals surface area contributed by atoms with Gasteiger partial charge in [0.1, 0.15) is 5.75 Å². The monoisotopic (exact) mass is 349 g/mol. The van der Waals surface area contributed by atoms with Crippen LogP contribution in [0, 0.1) is 13.8 Å². The minimum Gasteiger partial charge on any atom is -0.497 e. The Labute approximate surface area is 153 Å². The van der Waals surface area contributed by atoms with Gasteiger partial charge in [-0.05, 0) is 61.9 Å². The third-order valence-electron chi connectivity index (χ3n) is 4.34. The van der Waals surface area contributed by atoms with Crippen LogP contribution in [0.5, 0.6) is 5.75 Å². The topological polar surface area (TPSA) is 55.3 Å². The highest BCUT2D eigenvalue weighted by Crippen LogP contribution is 2.22. The molecule has 0 aliphatic carbocycles. The number of ether oxygens (including phenoxy) is 1. The van der Waals surface area contributed by atoms with Crippen molar-refractivity contribution in [2.75, 3.05) is 12.4 Å². The summed E-state index contributed by atoms with van der Waals surface area (Å²) in [7, 11) is 1.66. The van der Waals surface area contributed by atoms with E-state index in [4.69, 9.17) is 4.74 Å². The first-order valence-corrected chi connectivity index (χ1v) is 8.50. The van der Waals surface area contributed by atoms with Gasteiger partial charge in [-0.3, -0.25) is 0 Å². The smallest absolute Gasteiger partial charge is 0.319 e. The van der Waals surface area contributed by atoms with Gasteiger partial charge >= 0.3 is 6.03 Å². The number of para-hydroxylation sites is 1. The van der Waals surface area contributed by atoms with Crippen LogP contribution in [0.3, 0.4) is 0 Å². The number of hydrogen-bond donors (Lipinski definition) is 2. The first-order valence-electron chi connectivity index (χ1n) is 8.50. The van der Waals surface area contributed by atoms with Gasteiger partial charge in [-0.2, -0.15) is 0 Å². The first kappa shape index (κ1) is 17.6. The molecule has 0 fully saturated rings. The molecule has 3 aromatic rings. The molecular weight excluding hydrogens is 326 g/mol. The Hall–Kier alpha value is -3.21. The summed E-state index contributed by atoms with van der Waals surface area (Å²) in [4.78, 5) is 12.1. The van der Waals surface area contributed by atoms with Crippen LogP contribution in [-0.2, 0) is 6.54 Å². The Balaban J connectivity index is 1.70. The summed E-state index contributed by atoms with van der Waals surface area (Å²) in [6.45, 7) is 4.59. The Morgan fingerprint density at radius 1 is 1.04 bits per heavy atom. The molecule has 0 aliphatic rings. The van der Waals surface area contributed by atoms with Crippen molar-refractivity contribution < 1.29 is 9.53 Å². The van der Waals surface area contributed by atoms with E-state index in [0.29, 0.717) is 6.54 Å². The van der Waals surface area contributed by atoms with Crippen LogP contribution in [0.15, 0.2) is 60.7 Å². The number of aryl methyl sites for hydroxylation is 1. The molecule has 1 heterocycles. The van der Waals surface area contributed by atoms with Crippen molar-refractivity contribution in [3.63, 3.8) is 0 Å². The Bertz CT molecular complexity index is 884. The number of hydrogen-bond acceptors (Lipinski definition) is 2. The number of amides is 2. The maximum atomic E-state index is 12.1. The lowest BCUT2D eigenvalue weighted by molar-refractivity contribution is 0.251. The minimum atomic E-state index is -0.217. The summed E-state index contributed by atoms with van der Waals surface area (Å²) >= 11 is 0. The number of carbonyl (C=O) groups excluding carboxylic acids is 1. The molecule has 3 rings (SSSR count). The van der Waals surface area contributed by atoms with E-state index in [1.807, 2.05) is 54.6 Å². The number of methoxy groups -OCH3 is 1. The lowest BCUT2D eigenvalue weighted by atomic mass is 10.2. The molecule has 0 saturated heterocycles. The fourth-order valence-electron chi connectivity index (χ4n) is 3.01. The molecule has 2 amide bonds. The summed E-state index contributed by atoms with van der Waals surface area (Å²) in [5, 5.41) is 5.74. The van der Waals surface area contributed by atoms with Crippen LogP contribution >= 0.6 is 0 Å². The van der Waals surface area contributed by atoms with Gasteiger partial charge in [-0.1, -0.05) is 18.2 Å². The third-order valence-corrected chi connectivity index (χ3v) is 4.34. The minimum absolute atomic E-state index is 0.217. The normalized spacial score (nSPS) is 10.4. The van der Waals surface area contributed by atoms with Gasteiger partial charge in [0, 0.05) is 29.3 Å². The van der Waals surface area contributed by atoms with Gasteiger partial charge in [0.05, 0.1) is 7.11 Å². The van der Waals surface area contributed by atoms with Gasteiger partial charge < -0.3 is 19.9 Å². The molecule has 0 spiro atoms. The zero-order valence-electron chi connectivity index (χ0n) is 15.2. The van der Waals surface area contributed by atoms with Crippen LogP contribution in [0.2, 0.25) is 0 Å². The summed E-state index contributed by atoms with van der Waals surface area (Å²) in [6, 6.07) is 19.2. The summed E-state index contributed by atoms with van der Waals surface area (Å²) in [6.07, 6.45) is 0. The molecule has 2 aromatic carbocycles. The highest BCUT2D eigenvalue weighted by Gasteiger charge is 2.12. The molecule has 0 atom stereocenters. The number of urea groups is 1. The maximum Gasteiger partial charge on any atom is 0.319 e. The predicted molar refractivity (Wildman–Crippen MR) is 104 cm³/mol. The molecule has 134 valence electrons. The lowest BCUT2D eigenvalue weighted by Crippen LogP contribution is -2.28. The molecule has 0 unspecified atom stereocenters. The number of nitrogens with zero attached hydrogens (tertiary/aromatic N) is 1. The van der Waals surface area contributed by atoms with Crippen LogP contribution in [0.4, 0.5) is 10.5 Å². The standard InChI is InChI=1S/C21H23N3O2/c1-15-13-17(14-22-21(25)23-18-7-5-4-6-8-18)16(2)24(15)19-9-11-20(26-3)12-10-19/h4-13H,14H2,1-3H3,(H2,22,23,25). The molecule has 0 radical (unpaired) electrons. The molecule has 0 bridgehead atoms. The van der Waals surface area contributed by atoms with E-state index in [9.17, 15) is 4.79 Å². The van der Waals surface area contributed by atoms with E-state index in [-0.39, 0.29) is 6.03 Å². The number of nitrogens with one attached hydrogen (secondary N) is 2. The van der Waals surface area contributed by atoms with Crippen LogP contribution in [0.1, 0.15) is 17.0 Å². The largest absolute Gasteiger partial charge is 0.497 e. The SMILES string of the molecule is COc1ccc(-n2c(C)cc(CNC(=O)Nc3ccccc3)c2C)cc1. The van der Waals surface area contributed by atoms with Crippen LogP contribution in [0.25, 0.3) is 5.69 Å². The molecule has 1 aromatic heterocycles. The quantitative estimate of drug-likeness (QED) is 0.716. The second-order valence-electron chi connectivity index (χ2n) is 6.10. The zero-order chi connectivity index (χ0) is 18.5. The number of aromatic nitrogens is 1. The second kappa shape index (κ2) is 7.78. The summed E-state index contributed by atoms with van der Waals surface area (Å²) in [5.41, 5.74) is 5.15. The molecule has 26 heavy (non-hydrogen) atoms. The van der Waals surface area contributed by atoms with Crippen molar-refractivity contribution in [1.82, 2.24) is 9.88 Å². The molecule has 0 saturated carbocycles. The molecule has 2 N–H and O–H groups in total. The van der Waals surface area contributed by atoms with Crippen LogP contribution < -0.4 is 15.4 Å². The van der Waals surface area contributed by atoms with Gasteiger partial charge in [0.15, 0.2) is 0 Å². The molecule has 5 heteroatoms. The predicted octanol–water partition coefficient (Wildman–Crippen LogP) is 4.42. The van der Waals surface area contributed by atoms with E-state index >= 15 is 0 Å². The van der Waals surface area contributed by atoms with Crippen molar-refractivity contribution >= 4 is 11.7 Å². The number of benzene rings is 2. The molecule has 5 nitrogen and oxygen atoms in total. The highest BCUT2D eigenvalue weighted by molar-refractivity contribution is 5.89. The van der Waals surface area contributed by atoms with E-state index in [1.54, 1.807) is 7.11 Å².